The summed E-state index contributed by atoms with van der Waals surface area (Å²) in [6, 6.07) is 9.47. The molecule has 11 heteroatoms. The smallest absolute Gasteiger partial charge is 0.331 e. The van der Waals surface area contributed by atoms with Gasteiger partial charge in [0, 0.05) is 25.3 Å². The van der Waals surface area contributed by atoms with Gasteiger partial charge in [-0.15, -0.1) is 0 Å². The quantitative estimate of drug-likeness (QED) is 0.459. The van der Waals surface area contributed by atoms with Crippen molar-refractivity contribution >= 4 is 27.2 Å². The number of piperidine rings is 1. The molecule has 182 valence electrons. The lowest BCUT2D eigenvalue weighted by Crippen LogP contribution is -2.41. The third-order valence-electron chi connectivity index (χ3n) is 6.03. The minimum Gasteiger partial charge on any atom is -0.494 e. The van der Waals surface area contributed by atoms with Gasteiger partial charge in [-0.3, -0.25) is 13.9 Å². The first-order chi connectivity index (χ1) is 16.3. The maximum absolute atomic E-state index is 13.1. The number of ether oxygens (including phenoxy) is 1. The summed E-state index contributed by atoms with van der Waals surface area (Å²) in [6.07, 6.45) is 4.34. The fourth-order valence-electron chi connectivity index (χ4n) is 4.26. The van der Waals surface area contributed by atoms with Crippen LogP contribution in [0.3, 0.4) is 0 Å². The molecule has 1 saturated heterocycles. The number of carbonyl (C=O) groups is 1. The number of nitrogens with zero attached hydrogens (tertiary/aromatic N) is 4. The molecule has 0 spiro atoms. The van der Waals surface area contributed by atoms with E-state index in [9.17, 15) is 23.1 Å². The predicted molar refractivity (Wildman–Crippen MR) is 126 cm³/mol. The summed E-state index contributed by atoms with van der Waals surface area (Å²) in [4.78, 5) is 28.8. The highest BCUT2D eigenvalue weighted by atomic mass is 32.2. The van der Waals surface area contributed by atoms with Crippen molar-refractivity contribution in [2.45, 2.75) is 50.1 Å². The lowest BCUT2D eigenvalue weighted by molar-refractivity contribution is -0.137. The summed E-state index contributed by atoms with van der Waals surface area (Å²) in [7, 11) is -3.68. The van der Waals surface area contributed by atoms with Crippen LogP contribution in [0.1, 0.15) is 38.6 Å². The average molecular weight is 489 g/mol. The van der Waals surface area contributed by atoms with Crippen molar-refractivity contribution in [2.75, 3.05) is 19.7 Å². The Balaban J connectivity index is 1.50. The van der Waals surface area contributed by atoms with Gasteiger partial charge in [-0.2, -0.15) is 4.31 Å². The van der Waals surface area contributed by atoms with Crippen LogP contribution in [0.2, 0.25) is 0 Å². The Morgan fingerprint density at radius 3 is 2.53 bits per heavy atom. The van der Waals surface area contributed by atoms with E-state index >= 15 is 0 Å². The van der Waals surface area contributed by atoms with Crippen LogP contribution < -0.4 is 10.4 Å². The molecule has 0 atom stereocenters. The second kappa shape index (κ2) is 9.98. The molecule has 1 aliphatic rings. The fraction of sp³-hybridized carbons (Fsp3) is 0.435. The molecule has 34 heavy (non-hydrogen) atoms. The first-order valence-corrected chi connectivity index (χ1v) is 12.8. The van der Waals surface area contributed by atoms with E-state index in [2.05, 4.69) is 11.9 Å². The summed E-state index contributed by atoms with van der Waals surface area (Å²) in [5.41, 5.74) is 0.413. The van der Waals surface area contributed by atoms with Crippen molar-refractivity contribution in [3.8, 4) is 5.75 Å². The monoisotopic (exact) mass is 488 g/mol. The molecule has 1 aromatic carbocycles. The van der Waals surface area contributed by atoms with Crippen LogP contribution in [0, 0.1) is 0 Å². The second-order valence-electron chi connectivity index (χ2n) is 8.29. The van der Waals surface area contributed by atoms with Crippen LogP contribution >= 0.6 is 0 Å². The highest BCUT2D eigenvalue weighted by Crippen LogP contribution is 2.29. The van der Waals surface area contributed by atoms with Crippen molar-refractivity contribution < 1.29 is 23.1 Å². The number of unbranched alkanes of at least 4 members (excludes halogenated alkanes) is 1. The lowest BCUT2D eigenvalue weighted by atomic mass is 10.1. The minimum absolute atomic E-state index is 0.200. The summed E-state index contributed by atoms with van der Waals surface area (Å²) in [6.45, 7) is 2.69. The van der Waals surface area contributed by atoms with Crippen LogP contribution in [0.5, 0.6) is 5.75 Å². The highest BCUT2D eigenvalue weighted by Gasteiger charge is 2.32. The second-order valence-corrected chi connectivity index (χ2v) is 10.2. The number of sulfonamides is 1. The summed E-state index contributed by atoms with van der Waals surface area (Å²) in [5.74, 6) is -0.483. The largest absolute Gasteiger partial charge is 0.494 e. The zero-order chi connectivity index (χ0) is 24.3. The van der Waals surface area contributed by atoms with Gasteiger partial charge in [-0.1, -0.05) is 13.3 Å². The number of hydrogen-bond acceptors (Lipinski definition) is 6. The molecule has 10 nitrogen and oxygen atoms in total. The molecule has 0 aliphatic carbocycles. The van der Waals surface area contributed by atoms with Crippen LogP contribution in [-0.4, -0.2) is 57.6 Å². The number of aliphatic carboxylic acids is 1. The maximum Gasteiger partial charge on any atom is 0.331 e. The van der Waals surface area contributed by atoms with E-state index in [-0.39, 0.29) is 24.0 Å². The van der Waals surface area contributed by atoms with E-state index in [1.165, 1.54) is 13.4 Å². The summed E-state index contributed by atoms with van der Waals surface area (Å²) < 4.78 is 36.0. The molecule has 0 unspecified atom stereocenters. The van der Waals surface area contributed by atoms with Gasteiger partial charge in [-0.05, 0) is 55.7 Å². The van der Waals surface area contributed by atoms with Gasteiger partial charge in [0.1, 0.15) is 12.3 Å². The van der Waals surface area contributed by atoms with Gasteiger partial charge in [0.2, 0.25) is 10.0 Å². The highest BCUT2D eigenvalue weighted by molar-refractivity contribution is 7.89. The Morgan fingerprint density at radius 1 is 1.18 bits per heavy atom. The Morgan fingerprint density at radius 2 is 1.88 bits per heavy atom. The van der Waals surface area contributed by atoms with E-state index in [4.69, 9.17) is 4.74 Å². The number of carboxylic acid groups (broad SMARTS) is 1. The van der Waals surface area contributed by atoms with Crippen LogP contribution in [0.15, 0.2) is 52.3 Å². The van der Waals surface area contributed by atoms with E-state index in [1.54, 1.807) is 42.6 Å². The van der Waals surface area contributed by atoms with Crippen molar-refractivity contribution in [1.82, 2.24) is 18.4 Å². The molecule has 1 fully saturated rings. The van der Waals surface area contributed by atoms with Gasteiger partial charge in [0.05, 0.1) is 17.0 Å². The summed E-state index contributed by atoms with van der Waals surface area (Å²) in [5, 5.41) is 9.20. The molecule has 3 heterocycles. The Bertz CT molecular complexity index is 1320. The number of fused-ring (bicyclic) bond motifs is 1. The van der Waals surface area contributed by atoms with Gasteiger partial charge < -0.3 is 9.84 Å². The Hall–Kier alpha value is -3.18. The zero-order valence-corrected chi connectivity index (χ0v) is 19.8. The molecular formula is C23H28N4O6S. The van der Waals surface area contributed by atoms with E-state index < -0.39 is 28.2 Å². The predicted octanol–water partition coefficient (Wildman–Crippen LogP) is 2.49. The molecule has 1 aliphatic heterocycles. The lowest BCUT2D eigenvalue weighted by Gasteiger charge is -2.31. The third kappa shape index (κ3) is 4.71. The number of rotatable bonds is 9. The molecule has 0 saturated carbocycles. The fourth-order valence-corrected chi connectivity index (χ4v) is 5.73. The van der Waals surface area contributed by atoms with E-state index in [1.807, 2.05) is 0 Å². The van der Waals surface area contributed by atoms with Crippen molar-refractivity contribution in [3.05, 3.63) is 53.1 Å². The van der Waals surface area contributed by atoms with Crippen molar-refractivity contribution in [3.63, 3.8) is 0 Å². The Kier molecular flexibility index (Phi) is 7.03. The van der Waals surface area contributed by atoms with Gasteiger partial charge in [-0.25, -0.2) is 18.2 Å². The molecule has 4 rings (SSSR count). The normalized spacial score (nSPS) is 15.6. The number of aromatic nitrogens is 3. The molecule has 3 aromatic rings. The maximum atomic E-state index is 13.1. The van der Waals surface area contributed by atoms with E-state index in [0.717, 1.165) is 12.8 Å². The SMILES string of the molecule is CCCCOc1ccc(S(=O)(=O)N2CCC(n3c(=O)n(CC(=O)O)c4cccnc43)CC2)cc1. The third-order valence-corrected chi connectivity index (χ3v) is 7.95. The first kappa shape index (κ1) is 24.0. The zero-order valence-electron chi connectivity index (χ0n) is 19.0. The van der Waals surface area contributed by atoms with Crippen LogP contribution in [-0.2, 0) is 21.4 Å². The molecule has 0 amide bonds. The van der Waals surface area contributed by atoms with Crippen molar-refractivity contribution in [2.24, 2.45) is 0 Å². The molecular weight excluding hydrogens is 460 g/mol. The number of benzene rings is 1. The number of carboxylic acids is 1. The molecule has 2 aromatic heterocycles. The Labute approximate surface area is 197 Å². The van der Waals surface area contributed by atoms with Gasteiger partial charge in [0.15, 0.2) is 5.65 Å². The number of imidazole rings is 1. The summed E-state index contributed by atoms with van der Waals surface area (Å²) >= 11 is 0. The number of pyridine rings is 1. The molecule has 0 radical (unpaired) electrons. The first-order valence-electron chi connectivity index (χ1n) is 11.3. The topological polar surface area (TPSA) is 124 Å². The average Bonchev–Trinajstić information content (AvgIpc) is 3.10. The van der Waals surface area contributed by atoms with Crippen LogP contribution in [0.25, 0.3) is 11.2 Å². The molecule has 0 bridgehead atoms. The minimum atomic E-state index is -3.68. The standard InChI is InChI=1S/C23H28N4O6S/c1-2-3-15-33-18-6-8-19(9-7-18)34(31,32)25-13-10-17(11-14-25)27-22-20(5-4-12-24-22)26(23(27)30)16-21(28)29/h4-9,12,17H,2-3,10-11,13-16H2,1H3,(H,28,29). The van der Waals surface area contributed by atoms with E-state index in [0.29, 0.717) is 36.4 Å². The number of hydrogen-bond donors (Lipinski definition) is 1. The van der Waals surface area contributed by atoms with Crippen LogP contribution in [0.4, 0.5) is 0 Å². The van der Waals surface area contributed by atoms with Gasteiger partial charge >= 0.3 is 11.7 Å². The molecule has 1 N–H and O–H groups in total. The van der Waals surface area contributed by atoms with Crippen molar-refractivity contribution in [1.29, 1.82) is 0 Å². The van der Waals surface area contributed by atoms with Gasteiger partial charge in [0.25, 0.3) is 0 Å².